The summed E-state index contributed by atoms with van der Waals surface area (Å²) in [6, 6.07) is 23.6. The fraction of sp³-hybridized carbons (Fsp3) is 0.212. The van der Waals surface area contributed by atoms with Crippen LogP contribution in [0.4, 0.5) is 0 Å². The molecular formula is C33H31N5O3S. The van der Waals surface area contributed by atoms with Gasteiger partial charge in [-0.25, -0.2) is 4.68 Å². The van der Waals surface area contributed by atoms with E-state index in [1.807, 2.05) is 104 Å². The highest BCUT2D eigenvalue weighted by molar-refractivity contribution is 7.15. The molecule has 9 heteroatoms. The Morgan fingerprint density at radius 2 is 1.74 bits per heavy atom. The summed E-state index contributed by atoms with van der Waals surface area (Å²) in [5.41, 5.74) is 5.07. The maximum atomic E-state index is 13.5. The lowest BCUT2D eigenvalue weighted by molar-refractivity contribution is 0.241. The Morgan fingerprint density at radius 3 is 2.43 bits per heavy atom. The van der Waals surface area contributed by atoms with Crippen LogP contribution in [0.5, 0.6) is 11.5 Å². The summed E-state index contributed by atoms with van der Waals surface area (Å²) in [6.07, 6.45) is 4.84. The first-order chi connectivity index (χ1) is 20.4. The molecule has 0 aliphatic heterocycles. The molecule has 0 aliphatic carbocycles. The van der Waals surface area contributed by atoms with Crippen LogP contribution in [0, 0.1) is 6.92 Å². The summed E-state index contributed by atoms with van der Waals surface area (Å²) in [5.74, 6) is 2.14. The molecule has 0 spiro atoms. The van der Waals surface area contributed by atoms with Crippen molar-refractivity contribution in [2.24, 2.45) is 0 Å². The first kappa shape index (κ1) is 27.4. The van der Waals surface area contributed by atoms with Gasteiger partial charge in [-0.3, -0.25) is 4.79 Å². The van der Waals surface area contributed by atoms with Gasteiger partial charge < -0.3 is 9.47 Å². The standard InChI is InChI=1S/C33H31N5O3S/c1-5-17-40-27-14-11-23(12-15-27)31-34-33-38(36-31)32(39)29(42-33)19-25-20-37(26-9-7-6-8-10-26)35-30(25)24-13-16-28(22(4)18-24)41-21(2)3/h6-16,18-21H,5,17H2,1-4H3. The van der Waals surface area contributed by atoms with E-state index in [2.05, 4.69) is 23.1 Å². The number of aryl methyl sites for hydroxylation is 1. The van der Waals surface area contributed by atoms with Crippen molar-refractivity contribution >= 4 is 22.4 Å². The van der Waals surface area contributed by atoms with Crippen LogP contribution in [0.1, 0.15) is 38.3 Å². The Kier molecular flexibility index (Phi) is 7.58. The SMILES string of the molecule is CCCOc1ccc(-c2nc3sc(=Cc4cn(-c5ccccc5)nc4-c4ccc(OC(C)C)c(C)c4)c(=O)n3n2)cc1. The van der Waals surface area contributed by atoms with E-state index < -0.39 is 0 Å². The van der Waals surface area contributed by atoms with Crippen LogP contribution in [0.15, 0.2) is 83.8 Å². The van der Waals surface area contributed by atoms with E-state index in [-0.39, 0.29) is 11.7 Å². The molecule has 0 bridgehead atoms. The Bertz CT molecular complexity index is 1960. The monoisotopic (exact) mass is 577 g/mol. The Hall–Kier alpha value is -4.76. The van der Waals surface area contributed by atoms with Gasteiger partial charge in [-0.1, -0.05) is 36.5 Å². The van der Waals surface area contributed by atoms with E-state index in [4.69, 9.17) is 14.6 Å². The van der Waals surface area contributed by atoms with Crippen LogP contribution in [0.25, 0.3) is 39.4 Å². The van der Waals surface area contributed by atoms with E-state index in [0.717, 1.165) is 51.6 Å². The van der Waals surface area contributed by atoms with Crippen molar-refractivity contribution < 1.29 is 9.47 Å². The summed E-state index contributed by atoms with van der Waals surface area (Å²) in [7, 11) is 0. The van der Waals surface area contributed by atoms with Crippen LogP contribution in [0.2, 0.25) is 0 Å². The van der Waals surface area contributed by atoms with Crippen molar-refractivity contribution in [3.05, 3.63) is 105 Å². The average Bonchev–Trinajstić information content (AvgIpc) is 3.68. The summed E-state index contributed by atoms with van der Waals surface area (Å²) >= 11 is 1.31. The van der Waals surface area contributed by atoms with Gasteiger partial charge in [0.25, 0.3) is 5.56 Å². The largest absolute Gasteiger partial charge is 0.494 e. The molecule has 0 radical (unpaired) electrons. The highest BCUT2D eigenvalue weighted by atomic mass is 32.1. The van der Waals surface area contributed by atoms with E-state index in [0.29, 0.717) is 21.9 Å². The molecule has 8 nitrogen and oxygen atoms in total. The molecule has 212 valence electrons. The molecule has 0 amide bonds. The zero-order valence-electron chi connectivity index (χ0n) is 23.9. The van der Waals surface area contributed by atoms with Gasteiger partial charge in [0.1, 0.15) is 17.2 Å². The van der Waals surface area contributed by atoms with Crippen molar-refractivity contribution in [2.45, 2.75) is 40.2 Å². The van der Waals surface area contributed by atoms with Gasteiger partial charge >= 0.3 is 0 Å². The molecule has 42 heavy (non-hydrogen) atoms. The Labute approximate surface area is 247 Å². The number of hydrogen-bond donors (Lipinski definition) is 0. The van der Waals surface area contributed by atoms with Crippen LogP contribution in [-0.4, -0.2) is 37.1 Å². The number of aromatic nitrogens is 5. The number of para-hydroxylation sites is 1. The molecule has 3 aromatic carbocycles. The molecule has 0 fully saturated rings. The van der Waals surface area contributed by atoms with Gasteiger partial charge in [-0.05, 0) is 93.4 Å². The van der Waals surface area contributed by atoms with Crippen molar-refractivity contribution in [3.8, 4) is 39.8 Å². The lowest BCUT2D eigenvalue weighted by atomic mass is 10.0. The number of benzene rings is 3. The summed E-state index contributed by atoms with van der Waals surface area (Å²) in [5, 5.41) is 9.45. The molecule has 6 rings (SSSR count). The van der Waals surface area contributed by atoms with Crippen molar-refractivity contribution in [3.63, 3.8) is 0 Å². The third kappa shape index (κ3) is 5.56. The Balaban J connectivity index is 1.40. The van der Waals surface area contributed by atoms with E-state index in [1.165, 1.54) is 15.9 Å². The van der Waals surface area contributed by atoms with E-state index in [9.17, 15) is 4.79 Å². The number of hydrogen-bond acceptors (Lipinski definition) is 7. The molecular weight excluding hydrogens is 546 g/mol. The van der Waals surface area contributed by atoms with E-state index in [1.54, 1.807) is 0 Å². The van der Waals surface area contributed by atoms with Gasteiger partial charge in [-0.15, -0.1) is 5.10 Å². The smallest absolute Gasteiger partial charge is 0.291 e. The molecule has 6 aromatic rings. The first-order valence-corrected chi connectivity index (χ1v) is 14.8. The quantitative estimate of drug-likeness (QED) is 0.206. The highest BCUT2D eigenvalue weighted by Crippen LogP contribution is 2.29. The van der Waals surface area contributed by atoms with Crippen LogP contribution in [0.3, 0.4) is 0 Å². The normalized spacial score (nSPS) is 12.0. The fourth-order valence-electron chi connectivity index (χ4n) is 4.63. The third-order valence-corrected chi connectivity index (χ3v) is 7.59. The summed E-state index contributed by atoms with van der Waals surface area (Å²) in [6.45, 7) is 8.78. The average molecular weight is 578 g/mol. The zero-order chi connectivity index (χ0) is 29.2. The molecule has 0 N–H and O–H groups in total. The zero-order valence-corrected chi connectivity index (χ0v) is 24.8. The second-order valence-electron chi connectivity index (χ2n) is 10.3. The molecule has 3 aromatic heterocycles. The highest BCUT2D eigenvalue weighted by Gasteiger charge is 2.16. The van der Waals surface area contributed by atoms with Crippen molar-refractivity contribution in [2.75, 3.05) is 6.61 Å². The van der Waals surface area contributed by atoms with Gasteiger partial charge in [0.15, 0.2) is 5.82 Å². The maximum Gasteiger partial charge on any atom is 0.291 e. The maximum absolute atomic E-state index is 13.5. The Morgan fingerprint density at radius 1 is 0.976 bits per heavy atom. The predicted molar refractivity (Wildman–Crippen MR) is 167 cm³/mol. The molecule has 0 saturated heterocycles. The molecule has 0 atom stereocenters. The molecule has 3 heterocycles. The minimum atomic E-state index is -0.216. The van der Waals surface area contributed by atoms with Gasteiger partial charge in [0, 0.05) is 22.9 Å². The molecule has 0 aliphatic rings. The van der Waals surface area contributed by atoms with Gasteiger partial charge in [-0.2, -0.15) is 14.6 Å². The minimum absolute atomic E-state index is 0.0808. The number of fused-ring (bicyclic) bond motifs is 1. The summed E-state index contributed by atoms with van der Waals surface area (Å²) in [4.78, 5) is 18.6. The van der Waals surface area contributed by atoms with Crippen molar-refractivity contribution in [1.82, 2.24) is 24.4 Å². The number of thiazole rings is 1. The van der Waals surface area contributed by atoms with Crippen LogP contribution in [-0.2, 0) is 0 Å². The number of nitrogens with zero attached hydrogens (tertiary/aromatic N) is 5. The van der Waals surface area contributed by atoms with Gasteiger partial charge in [0.05, 0.1) is 22.9 Å². The topological polar surface area (TPSA) is 83.5 Å². The van der Waals surface area contributed by atoms with Crippen LogP contribution < -0.4 is 19.6 Å². The third-order valence-electron chi connectivity index (χ3n) is 6.63. The first-order valence-electron chi connectivity index (χ1n) is 14.0. The lowest BCUT2D eigenvalue weighted by Gasteiger charge is -2.13. The van der Waals surface area contributed by atoms with Gasteiger partial charge in [0.2, 0.25) is 4.96 Å². The number of rotatable bonds is 9. The molecule has 0 unspecified atom stereocenters. The predicted octanol–water partition coefficient (Wildman–Crippen LogP) is 6.10. The van der Waals surface area contributed by atoms with Crippen molar-refractivity contribution in [1.29, 1.82) is 0 Å². The lowest BCUT2D eigenvalue weighted by Crippen LogP contribution is -2.23. The van der Waals surface area contributed by atoms with Crippen LogP contribution >= 0.6 is 11.3 Å². The minimum Gasteiger partial charge on any atom is -0.494 e. The number of ether oxygens (including phenoxy) is 2. The van der Waals surface area contributed by atoms with E-state index >= 15 is 0 Å². The molecule has 0 saturated carbocycles. The second-order valence-corrected chi connectivity index (χ2v) is 11.3. The summed E-state index contributed by atoms with van der Waals surface area (Å²) < 4.78 is 15.4. The second kappa shape index (κ2) is 11.6. The fourth-order valence-corrected chi connectivity index (χ4v) is 5.53.